The molecule has 0 aliphatic carbocycles. The first-order valence-electron chi connectivity index (χ1n) is 9.60. The summed E-state index contributed by atoms with van der Waals surface area (Å²) in [5.74, 6) is 0.809. The van der Waals surface area contributed by atoms with Crippen molar-refractivity contribution in [3.63, 3.8) is 0 Å². The van der Waals surface area contributed by atoms with E-state index in [-0.39, 0.29) is 16.6 Å². The number of aryl methyl sites for hydroxylation is 2. The van der Waals surface area contributed by atoms with Crippen molar-refractivity contribution >= 4 is 21.8 Å². The highest BCUT2D eigenvalue weighted by atomic mass is 32.2. The van der Waals surface area contributed by atoms with Gasteiger partial charge in [-0.15, -0.1) is 0 Å². The average molecular weight is 428 g/mol. The van der Waals surface area contributed by atoms with Crippen LogP contribution in [0.25, 0.3) is 0 Å². The van der Waals surface area contributed by atoms with E-state index in [1.807, 2.05) is 13.0 Å². The third-order valence-corrected chi connectivity index (χ3v) is 5.82. The fourth-order valence-corrected chi connectivity index (χ4v) is 4.18. The molecule has 0 aliphatic heterocycles. The fourth-order valence-electron chi connectivity index (χ4n) is 2.93. The summed E-state index contributed by atoms with van der Waals surface area (Å²) in [5.41, 5.74) is 1.81. The van der Waals surface area contributed by atoms with Gasteiger partial charge in [-0.05, 0) is 61.2 Å². The standard InChI is InChI=1S/C22H25N3O4S/c1-15(2)14-25-21(11-12-23-25)24-22(26)18-7-9-19(10-8-18)29-30(27,28)20-13-16(3)5-6-17(20)4/h5-13,15H,14H2,1-4H3,(H,24,26). The zero-order valence-corrected chi connectivity index (χ0v) is 18.2. The molecule has 0 unspecified atom stereocenters. The molecule has 3 aromatic rings. The number of rotatable bonds is 7. The molecule has 0 saturated heterocycles. The van der Waals surface area contributed by atoms with Crippen LogP contribution in [0.5, 0.6) is 5.75 Å². The van der Waals surface area contributed by atoms with Crippen LogP contribution in [0, 0.1) is 19.8 Å². The van der Waals surface area contributed by atoms with Crippen LogP contribution in [0.4, 0.5) is 5.82 Å². The van der Waals surface area contributed by atoms with E-state index in [1.165, 1.54) is 24.3 Å². The Kier molecular flexibility index (Phi) is 6.26. The summed E-state index contributed by atoms with van der Waals surface area (Å²) < 4.78 is 32.2. The predicted octanol–water partition coefficient (Wildman–Crippen LogP) is 4.18. The lowest BCUT2D eigenvalue weighted by Crippen LogP contribution is -2.17. The van der Waals surface area contributed by atoms with Crippen LogP contribution in [0.15, 0.2) is 59.6 Å². The van der Waals surface area contributed by atoms with Crippen LogP contribution in [0.1, 0.15) is 35.3 Å². The molecule has 0 radical (unpaired) electrons. The number of anilines is 1. The summed E-state index contributed by atoms with van der Waals surface area (Å²) in [7, 11) is -3.97. The van der Waals surface area contributed by atoms with E-state index in [2.05, 4.69) is 24.3 Å². The molecule has 0 bridgehead atoms. The molecule has 1 amide bonds. The monoisotopic (exact) mass is 427 g/mol. The molecule has 0 saturated carbocycles. The maximum atomic E-state index is 12.6. The Bertz CT molecular complexity index is 1150. The molecule has 0 spiro atoms. The van der Waals surface area contributed by atoms with Gasteiger partial charge in [-0.25, -0.2) is 4.68 Å². The second kappa shape index (κ2) is 8.71. The Morgan fingerprint density at radius 3 is 2.47 bits per heavy atom. The molecule has 1 aromatic heterocycles. The topological polar surface area (TPSA) is 90.3 Å². The Morgan fingerprint density at radius 1 is 1.10 bits per heavy atom. The zero-order valence-electron chi connectivity index (χ0n) is 17.4. The van der Waals surface area contributed by atoms with Gasteiger partial charge < -0.3 is 9.50 Å². The Hall–Kier alpha value is -3.13. The predicted molar refractivity (Wildman–Crippen MR) is 115 cm³/mol. The number of amides is 1. The van der Waals surface area contributed by atoms with Crippen LogP contribution in [-0.4, -0.2) is 24.1 Å². The molecule has 1 N–H and O–H groups in total. The highest BCUT2D eigenvalue weighted by Crippen LogP contribution is 2.23. The van der Waals surface area contributed by atoms with Crippen LogP contribution in [0.3, 0.4) is 0 Å². The molecule has 8 heteroatoms. The first kappa shape index (κ1) is 21.6. The van der Waals surface area contributed by atoms with Gasteiger partial charge in [0.15, 0.2) is 0 Å². The number of hydrogen-bond acceptors (Lipinski definition) is 5. The number of benzene rings is 2. The van der Waals surface area contributed by atoms with Crippen LogP contribution < -0.4 is 9.50 Å². The Morgan fingerprint density at radius 2 is 1.80 bits per heavy atom. The quantitative estimate of drug-likeness (QED) is 0.572. The molecule has 30 heavy (non-hydrogen) atoms. The SMILES string of the molecule is Cc1ccc(C)c(S(=O)(=O)Oc2ccc(C(=O)Nc3ccnn3CC(C)C)cc2)c1. The molecule has 0 aliphatic rings. The van der Waals surface area contributed by atoms with Crippen molar-refractivity contribution < 1.29 is 17.4 Å². The number of nitrogens with one attached hydrogen (secondary N) is 1. The van der Waals surface area contributed by atoms with Gasteiger partial charge in [0, 0.05) is 18.2 Å². The molecule has 0 fully saturated rings. The van der Waals surface area contributed by atoms with E-state index in [9.17, 15) is 13.2 Å². The van der Waals surface area contributed by atoms with Gasteiger partial charge in [-0.3, -0.25) is 4.79 Å². The highest BCUT2D eigenvalue weighted by molar-refractivity contribution is 7.87. The molecular formula is C22H25N3O4S. The fraction of sp³-hybridized carbons (Fsp3) is 0.273. The largest absolute Gasteiger partial charge is 0.379 e. The molecule has 2 aromatic carbocycles. The van der Waals surface area contributed by atoms with E-state index < -0.39 is 10.1 Å². The van der Waals surface area contributed by atoms with Crippen molar-refractivity contribution in [1.82, 2.24) is 9.78 Å². The number of hydrogen-bond donors (Lipinski definition) is 1. The lowest BCUT2D eigenvalue weighted by molar-refractivity contribution is 0.102. The van der Waals surface area contributed by atoms with Crippen LogP contribution in [0.2, 0.25) is 0 Å². The smallest absolute Gasteiger partial charge is 0.339 e. The van der Waals surface area contributed by atoms with Crippen molar-refractivity contribution in [1.29, 1.82) is 0 Å². The third kappa shape index (κ3) is 5.07. The number of nitrogens with zero attached hydrogens (tertiary/aromatic N) is 2. The molecule has 7 nitrogen and oxygen atoms in total. The third-order valence-electron chi connectivity index (χ3n) is 4.43. The minimum absolute atomic E-state index is 0.128. The summed E-state index contributed by atoms with van der Waals surface area (Å²) in [6, 6.07) is 12.9. The van der Waals surface area contributed by atoms with E-state index in [4.69, 9.17) is 4.18 Å². The molecule has 158 valence electrons. The Labute approximate surface area is 176 Å². The highest BCUT2D eigenvalue weighted by Gasteiger charge is 2.20. The molecular weight excluding hydrogens is 402 g/mol. The van der Waals surface area contributed by atoms with E-state index in [0.29, 0.717) is 29.4 Å². The van der Waals surface area contributed by atoms with Crippen LogP contribution >= 0.6 is 0 Å². The molecule has 0 atom stereocenters. The first-order valence-corrected chi connectivity index (χ1v) is 11.0. The van der Waals surface area contributed by atoms with Gasteiger partial charge in [0.25, 0.3) is 5.91 Å². The summed E-state index contributed by atoms with van der Waals surface area (Å²) >= 11 is 0. The van der Waals surface area contributed by atoms with Gasteiger partial charge in [-0.2, -0.15) is 13.5 Å². The Balaban J connectivity index is 1.73. The van der Waals surface area contributed by atoms with Gasteiger partial charge in [-0.1, -0.05) is 26.0 Å². The van der Waals surface area contributed by atoms with Gasteiger partial charge in [0.2, 0.25) is 0 Å². The maximum Gasteiger partial charge on any atom is 0.339 e. The molecule has 1 heterocycles. The minimum Gasteiger partial charge on any atom is -0.379 e. The van der Waals surface area contributed by atoms with Gasteiger partial charge >= 0.3 is 10.1 Å². The van der Waals surface area contributed by atoms with Crippen LogP contribution in [-0.2, 0) is 16.7 Å². The maximum absolute atomic E-state index is 12.6. The number of carbonyl (C=O) groups excluding carboxylic acids is 1. The second-order valence-electron chi connectivity index (χ2n) is 7.58. The number of carbonyl (C=O) groups is 1. The summed E-state index contributed by atoms with van der Waals surface area (Å²) in [6.07, 6.45) is 1.63. The molecule has 3 rings (SSSR count). The summed E-state index contributed by atoms with van der Waals surface area (Å²) in [4.78, 5) is 12.7. The average Bonchev–Trinajstić information content (AvgIpc) is 3.09. The van der Waals surface area contributed by atoms with E-state index in [0.717, 1.165) is 5.56 Å². The van der Waals surface area contributed by atoms with Crippen molar-refractivity contribution in [2.75, 3.05) is 5.32 Å². The van der Waals surface area contributed by atoms with Gasteiger partial charge in [0.1, 0.15) is 16.5 Å². The lowest BCUT2D eigenvalue weighted by atomic mass is 10.2. The van der Waals surface area contributed by atoms with Crippen molar-refractivity contribution in [2.45, 2.75) is 39.1 Å². The van der Waals surface area contributed by atoms with Crippen molar-refractivity contribution in [2.24, 2.45) is 5.92 Å². The van der Waals surface area contributed by atoms with E-state index >= 15 is 0 Å². The summed E-state index contributed by atoms with van der Waals surface area (Å²) in [5, 5.41) is 7.04. The first-order chi connectivity index (χ1) is 14.2. The second-order valence-corrected chi connectivity index (χ2v) is 9.09. The van der Waals surface area contributed by atoms with Crippen molar-refractivity contribution in [3.8, 4) is 5.75 Å². The lowest BCUT2D eigenvalue weighted by Gasteiger charge is -2.12. The van der Waals surface area contributed by atoms with E-state index in [1.54, 1.807) is 36.0 Å². The summed E-state index contributed by atoms with van der Waals surface area (Å²) in [6.45, 7) is 8.36. The van der Waals surface area contributed by atoms with Crippen molar-refractivity contribution in [3.05, 3.63) is 71.4 Å². The minimum atomic E-state index is -3.97. The normalized spacial score (nSPS) is 11.5. The van der Waals surface area contributed by atoms with Gasteiger partial charge in [0.05, 0.1) is 6.20 Å². The number of aromatic nitrogens is 2. The zero-order chi connectivity index (χ0) is 21.9.